The number of aromatic nitrogens is 1. The lowest BCUT2D eigenvalue weighted by molar-refractivity contribution is -0.122. The highest BCUT2D eigenvalue weighted by Crippen LogP contribution is 2.20. The van der Waals surface area contributed by atoms with E-state index in [0.717, 1.165) is 11.0 Å². The van der Waals surface area contributed by atoms with Crippen molar-refractivity contribution in [3.63, 3.8) is 0 Å². The molecule has 31 heavy (non-hydrogen) atoms. The Morgan fingerprint density at radius 1 is 1.00 bits per heavy atom. The number of hydrogen-bond donors (Lipinski definition) is 1. The molecule has 8 heteroatoms. The van der Waals surface area contributed by atoms with E-state index < -0.39 is 10.0 Å². The Labute approximate surface area is 181 Å². The van der Waals surface area contributed by atoms with Crippen LogP contribution in [-0.4, -0.2) is 48.1 Å². The molecule has 1 saturated heterocycles. The zero-order valence-corrected chi connectivity index (χ0v) is 18.4. The first kappa shape index (κ1) is 21.5. The Morgan fingerprint density at radius 2 is 1.55 bits per heavy atom. The zero-order chi connectivity index (χ0) is 22.0. The molecule has 0 bridgehead atoms. The third kappa shape index (κ3) is 4.36. The number of hydrogen-bond acceptors (Lipinski definition) is 4. The number of nitrogens with one attached hydrogen (secondary N) is 1. The minimum absolute atomic E-state index is 0.0384. The van der Waals surface area contributed by atoms with Gasteiger partial charge in [-0.15, -0.1) is 0 Å². The fourth-order valence-electron chi connectivity index (χ4n) is 4.33. The molecule has 0 saturated carbocycles. The van der Waals surface area contributed by atoms with Crippen LogP contribution in [0.3, 0.4) is 0 Å². The van der Waals surface area contributed by atoms with Gasteiger partial charge >= 0.3 is 0 Å². The third-order valence-corrected chi connectivity index (χ3v) is 7.93. The first-order chi connectivity index (χ1) is 14.9. The summed E-state index contributed by atoms with van der Waals surface area (Å²) in [5.41, 5.74) is 1.41. The number of sulfonamides is 1. The summed E-state index contributed by atoms with van der Waals surface area (Å²) in [7, 11) is -3.20. The summed E-state index contributed by atoms with van der Waals surface area (Å²) in [6, 6.07) is 14.6. The molecule has 1 N–H and O–H groups in total. The molecule has 2 aromatic carbocycles. The lowest BCUT2D eigenvalue weighted by atomic mass is 10.1. The minimum atomic E-state index is -3.20. The number of rotatable bonds is 6. The van der Waals surface area contributed by atoms with Gasteiger partial charge in [-0.3, -0.25) is 9.59 Å². The van der Waals surface area contributed by atoms with Gasteiger partial charge < -0.3 is 9.88 Å². The van der Waals surface area contributed by atoms with E-state index in [1.54, 1.807) is 12.1 Å². The highest BCUT2D eigenvalue weighted by atomic mass is 32.2. The van der Waals surface area contributed by atoms with Crippen LogP contribution in [0.2, 0.25) is 0 Å². The van der Waals surface area contributed by atoms with Gasteiger partial charge in [0, 0.05) is 29.9 Å². The van der Waals surface area contributed by atoms with Crippen molar-refractivity contribution >= 4 is 37.7 Å². The van der Waals surface area contributed by atoms with E-state index in [9.17, 15) is 18.0 Å². The van der Waals surface area contributed by atoms with E-state index in [2.05, 4.69) is 5.32 Å². The van der Waals surface area contributed by atoms with Crippen LogP contribution < -0.4 is 10.7 Å². The second kappa shape index (κ2) is 8.80. The molecule has 0 atom stereocenters. The van der Waals surface area contributed by atoms with Crippen LogP contribution >= 0.6 is 0 Å². The summed E-state index contributed by atoms with van der Waals surface area (Å²) in [5, 5.41) is 4.23. The van der Waals surface area contributed by atoms with Crippen LogP contribution in [-0.2, 0) is 21.4 Å². The van der Waals surface area contributed by atoms with Crippen molar-refractivity contribution in [3.8, 4) is 0 Å². The lowest BCUT2D eigenvalue weighted by Crippen LogP contribution is -2.47. The van der Waals surface area contributed by atoms with Crippen molar-refractivity contribution in [1.29, 1.82) is 0 Å². The number of para-hydroxylation sites is 2. The van der Waals surface area contributed by atoms with Gasteiger partial charge in [-0.05, 0) is 43.5 Å². The number of amides is 1. The lowest BCUT2D eigenvalue weighted by Gasteiger charge is -2.31. The number of pyridine rings is 1. The van der Waals surface area contributed by atoms with Gasteiger partial charge in [-0.2, -0.15) is 0 Å². The van der Waals surface area contributed by atoms with E-state index in [1.165, 1.54) is 4.31 Å². The number of nitrogens with zero attached hydrogens (tertiary/aromatic N) is 2. The van der Waals surface area contributed by atoms with Gasteiger partial charge in [0.05, 0.1) is 16.8 Å². The fourth-order valence-corrected chi connectivity index (χ4v) is 5.87. The molecular formula is C23H27N3O4S. The normalized spacial score (nSPS) is 16.0. The number of carbonyl (C=O) groups excluding carboxylic acids is 1. The maximum Gasteiger partial charge on any atom is 0.240 e. The Bertz CT molecular complexity index is 1210. The SMILES string of the molecule is CCCS(=O)(=O)N1CCC(NC(=O)Cn2c3ccccc3c(=O)c3ccccc32)CC1. The Kier molecular flexibility index (Phi) is 6.11. The number of carbonyl (C=O) groups is 1. The quantitative estimate of drug-likeness (QED) is 0.595. The van der Waals surface area contributed by atoms with Crippen LogP contribution in [0.5, 0.6) is 0 Å². The Hall–Kier alpha value is -2.71. The molecule has 3 aromatic rings. The molecule has 0 unspecified atom stereocenters. The predicted octanol–water partition coefficient (Wildman–Crippen LogP) is 2.48. The van der Waals surface area contributed by atoms with Gasteiger partial charge in [-0.1, -0.05) is 31.2 Å². The van der Waals surface area contributed by atoms with Gasteiger partial charge in [0.2, 0.25) is 15.9 Å². The van der Waals surface area contributed by atoms with E-state index >= 15 is 0 Å². The predicted molar refractivity (Wildman–Crippen MR) is 123 cm³/mol. The van der Waals surface area contributed by atoms with E-state index in [0.29, 0.717) is 43.1 Å². The smallest absolute Gasteiger partial charge is 0.240 e. The zero-order valence-electron chi connectivity index (χ0n) is 17.6. The third-order valence-electron chi connectivity index (χ3n) is 5.86. The topological polar surface area (TPSA) is 88.5 Å². The molecule has 1 fully saturated rings. The standard InChI is InChI=1S/C23H27N3O4S/c1-2-15-31(29,30)25-13-11-17(12-14-25)24-22(27)16-26-20-9-5-3-7-18(20)23(28)19-8-4-6-10-21(19)26/h3-10,17H,2,11-16H2,1H3,(H,24,27). The summed E-state index contributed by atoms with van der Waals surface area (Å²) in [6.07, 6.45) is 1.79. The molecule has 1 aliphatic heterocycles. The highest BCUT2D eigenvalue weighted by Gasteiger charge is 2.28. The van der Waals surface area contributed by atoms with E-state index in [-0.39, 0.29) is 29.7 Å². The molecular weight excluding hydrogens is 414 g/mol. The molecule has 0 spiro atoms. The average molecular weight is 442 g/mol. The van der Waals surface area contributed by atoms with E-state index in [4.69, 9.17) is 0 Å². The van der Waals surface area contributed by atoms with Crippen LogP contribution in [0.25, 0.3) is 21.8 Å². The van der Waals surface area contributed by atoms with E-state index in [1.807, 2.05) is 47.9 Å². The van der Waals surface area contributed by atoms with Crippen LogP contribution in [0.4, 0.5) is 0 Å². The fraction of sp³-hybridized carbons (Fsp3) is 0.391. The summed E-state index contributed by atoms with van der Waals surface area (Å²) in [4.78, 5) is 25.7. The first-order valence-corrected chi connectivity index (χ1v) is 12.3. The maximum atomic E-state index is 12.9. The van der Waals surface area contributed by atoms with Gasteiger partial charge in [0.15, 0.2) is 5.43 Å². The van der Waals surface area contributed by atoms with Gasteiger partial charge in [0.25, 0.3) is 0 Å². The number of piperidine rings is 1. The number of benzene rings is 2. The second-order valence-electron chi connectivity index (χ2n) is 8.01. The molecule has 1 aromatic heterocycles. The summed E-state index contributed by atoms with van der Waals surface area (Å²) >= 11 is 0. The molecule has 0 radical (unpaired) electrons. The molecule has 1 amide bonds. The number of fused-ring (bicyclic) bond motifs is 2. The second-order valence-corrected chi connectivity index (χ2v) is 10.1. The Morgan fingerprint density at radius 3 is 2.10 bits per heavy atom. The summed E-state index contributed by atoms with van der Waals surface area (Å²) in [5.74, 6) is 0.0186. The van der Waals surface area contributed by atoms with Crippen molar-refractivity contribution in [1.82, 2.24) is 14.2 Å². The van der Waals surface area contributed by atoms with Crippen molar-refractivity contribution in [2.45, 2.75) is 38.8 Å². The van der Waals surface area contributed by atoms with Crippen LogP contribution in [0.15, 0.2) is 53.3 Å². The maximum absolute atomic E-state index is 12.9. The van der Waals surface area contributed by atoms with Gasteiger partial charge in [0.1, 0.15) is 6.54 Å². The van der Waals surface area contributed by atoms with Crippen molar-refractivity contribution in [2.75, 3.05) is 18.8 Å². The van der Waals surface area contributed by atoms with Crippen molar-refractivity contribution in [3.05, 3.63) is 58.8 Å². The monoisotopic (exact) mass is 441 g/mol. The molecule has 7 nitrogen and oxygen atoms in total. The van der Waals surface area contributed by atoms with Crippen molar-refractivity contribution < 1.29 is 13.2 Å². The molecule has 2 heterocycles. The average Bonchev–Trinajstić information content (AvgIpc) is 2.77. The van der Waals surface area contributed by atoms with Gasteiger partial charge in [-0.25, -0.2) is 12.7 Å². The van der Waals surface area contributed by atoms with Crippen LogP contribution in [0, 0.1) is 0 Å². The summed E-state index contributed by atoms with van der Waals surface area (Å²) < 4.78 is 27.9. The highest BCUT2D eigenvalue weighted by molar-refractivity contribution is 7.89. The Balaban J connectivity index is 1.52. The first-order valence-electron chi connectivity index (χ1n) is 10.7. The molecule has 164 valence electrons. The molecule has 0 aliphatic carbocycles. The largest absolute Gasteiger partial charge is 0.352 e. The minimum Gasteiger partial charge on any atom is -0.352 e. The molecule has 1 aliphatic rings. The molecule has 4 rings (SSSR count). The summed E-state index contributed by atoms with van der Waals surface area (Å²) in [6.45, 7) is 2.80. The van der Waals surface area contributed by atoms with Crippen LogP contribution in [0.1, 0.15) is 26.2 Å². The van der Waals surface area contributed by atoms with Crippen molar-refractivity contribution in [2.24, 2.45) is 0 Å².